The number of likely N-dealkylation sites (N-methyl/N-ethyl adjacent to an activating group) is 1. The van der Waals surface area contributed by atoms with Crippen molar-refractivity contribution >= 4 is 26.6 Å². The number of carbonyl (C=O) groups excluding carboxylic acids is 1. The second-order valence-corrected chi connectivity index (χ2v) is 9.67. The van der Waals surface area contributed by atoms with E-state index in [0.717, 1.165) is 31.2 Å². The number of hydrogen-bond acceptors (Lipinski definition) is 3. The minimum atomic E-state index is -3.67. The number of rotatable bonds is 5. The summed E-state index contributed by atoms with van der Waals surface area (Å²) in [6, 6.07) is 16.1. The Morgan fingerprint density at radius 2 is 1.66 bits per heavy atom. The standard InChI is InChI=1S/C23H26N2O3S/c1-24(18-10-4-2-5-11-18)23(26)17-25-16-22(20-14-8-9-15-21(20)25)29(27,28)19-12-6-3-7-13-19/h3,6-9,12-16,18H,2,4-5,10-11,17H2,1H3. The maximum absolute atomic E-state index is 13.2. The molecular formula is C23H26N2O3S. The highest BCUT2D eigenvalue weighted by Crippen LogP contribution is 2.30. The molecule has 3 aromatic rings. The zero-order valence-corrected chi connectivity index (χ0v) is 17.4. The zero-order valence-electron chi connectivity index (χ0n) is 16.6. The second-order valence-electron chi connectivity index (χ2n) is 7.75. The zero-order chi connectivity index (χ0) is 20.4. The molecule has 0 aliphatic heterocycles. The van der Waals surface area contributed by atoms with Gasteiger partial charge < -0.3 is 9.47 Å². The van der Waals surface area contributed by atoms with Crippen LogP contribution >= 0.6 is 0 Å². The Kier molecular flexibility index (Phi) is 5.46. The van der Waals surface area contributed by atoms with Gasteiger partial charge in [0.15, 0.2) is 0 Å². The molecular weight excluding hydrogens is 384 g/mol. The number of carbonyl (C=O) groups is 1. The number of para-hydroxylation sites is 1. The van der Waals surface area contributed by atoms with Gasteiger partial charge in [-0.05, 0) is 31.0 Å². The molecule has 1 aliphatic carbocycles. The SMILES string of the molecule is CN(C(=O)Cn1cc(S(=O)(=O)c2ccccc2)c2ccccc21)C1CCCCC1. The minimum Gasteiger partial charge on any atom is -0.341 e. The van der Waals surface area contributed by atoms with E-state index in [1.54, 1.807) is 47.2 Å². The van der Waals surface area contributed by atoms with Crippen molar-refractivity contribution < 1.29 is 13.2 Å². The molecule has 152 valence electrons. The van der Waals surface area contributed by atoms with Crippen LogP contribution in [0.4, 0.5) is 0 Å². The van der Waals surface area contributed by atoms with Crippen LogP contribution in [-0.4, -0.2) is 36.9 Å². The predicted molar refractivity (Wildman–Crippen MR) is 113 cm³/mol. The fourth-order valence-electron chi connectivity index (χ4n) is 4.21. The Bertz CT molecular complexity index is 1110. The van der Waals surface area contributed by atoms with Crippen LogP contribution in [0.2, 0.25) is 0 Å². The summed E-state index contributed by atoms with van der Waals surface area (Å²) in [5, 5.41) is 0.643. The summed E-state index contributed by atoms with van der Waals surface area (Å²) in [5.41, 5.74) is 0.757. The van der Waals surface area contributed by atoms with E-state index in [-0.39, 0.29) is 28.3 Å². The van der Waals surface area contributed by atoms with Gasteiger partial charge in [0.05, 0.1) is 9.79 Å². The van der Waals surface area contributed by atoms with Crippen LogP contribution in [-0.2, 0) is 21.2 Å². The van der Waals surface area contributed by atoms with Crippen LogP contribution in [0, 0.1) is 0 Å². The van der Waals surface area contributed by atoms with Gasteiger partial charge in [-0.3, -0.25) is 4.79 Å². The van der Waals surface area contributed by atoms with Crippen molar-refractivity contribution in [3.8, 4) is 0 Å². The Morgan fingerprint density at radius 1 is 1.00 bits per heavy atom. The van der Waals surface area contributed by atoms with E-state index in [1.807, 2.05) is 30.1 Å². The Balaban J connectivity index is 1.69. The highest BCUT2D eigenvalue weighted by molar-refractivity contribution is 7.91. The lowest BCUT2D eigenvalue weighted by molar-refractivity contribution is -0.133. The predicted octanol–water partition coefficient (Wildman–Crippen LogP) is 4.27. The first-order valence-electron chi connectivity index (χ1n) is 10.1. The Labute approximate surface area is 171 Å². The summed E-state index contributed by atoms with van der Waals surface area (Å²) in [4.78, 5) is 15.3. The van der Waals surface area contributed by atoms with Crippen molar-refractivity contribution in [3.05, 3.63) is 60.8 Å². The van der Waals surface area contributed by atoms with Crippen molar-refractivity contribution in [1.29, 1.82) is 0 Å². The van der Waals surface area contributed by atoms with Gasteiger partial charge in [0.1, 0.15) is 6.54 Å². The number of fused-ring (bicyclic) bond motifs is 1. The van der Waals surface area contributed by atoms with Gasteiger partial charge in [-0.25, -0.2) is 8.42 Å². The van der Waals surface area contributed by atoms with E-state index in [0.29, 0.717) is 5.39 Å². The lowest BCUT2D eigenvalue weighted by atomic mass is 9.94. The fourth-order valence-corrected chi connectivity index (χ4v) is 5.71. The van der Waals surface area contributed by atoms with Crippen LogP contribution < -0.4 is 0 Å². The highest BCUT2D eigenvalue weighted by atomic mass is 32.2. The van der Waals surface area contributed by atoms with Crippen molar-refractivity contribution in [1.82, 2.24) is 9.47 Å². The molecule has 2 aromatic carbocycles. The Hall–Kier alpha value is -2.60. The van der Waals surface area contributed by atoms with Gasteiger partial charge in [-0.2, -0.15) is 0 Å². The van der Waals surface area contributed by atoms with Crippen LogP contribution in [0.15, 0.2) is 70.6 Å². The molecule has 6 heteroatoms. The second kappa shape index (κ2) is 8.03. The minimum absolute atomic E-state index is 0.0151. The summed E-state index contributed by atoms with van der Waals surface area (Å²) >= 11 is 0. The first-order valence-corrected chi connectivity index (χ1v) is 11.6. The van der Waals surface area contributed by atoms with Gasteiger partial charge >= 0.3 is 0 Å². The molecule has 1 aromatic heterocycles. The number of aromatic nitrogens is 1. The number of hydrogen-bond donors (Lipinski definition) is 0. The third-order valence-electron chi connectivity index (χ3n) is 5.92. The average Bonchev–Trinajstić information content (AvgIpc) is 3.14. The maximum Gasteiger partial charge on any atom is 0.242 e. The van der Waals surface area contributed by atoms with Crippen molar-refractivity contribution in [3.63, 3.8) is 0 Å². The smallest absolute Gasteiger partial charge is 0.242 e. The monoisotopic (exact) mass is 410 g/mol. The molecule has 1 fully saturated rings. The average molecular weight is 411 g/mol. The van der Waals surface area contributed by atoms with Crippen LogP contribution in [0.1, 0.15) is 32.1 Å². The molecule has 1 aliphatic rings. The molecule has 0 saturated heterocycles. The van der Waals surface area contributed by atoms with Crippen LogP contribution in [0.25, 0.3) is 10.9 Å². The number of benzene rings is 2. The third kappa shape index (κ3) is 3.81. The van der Waals surface area contributed by atoms with Crippen molar-refractivity contribution in [2.75, 3.05) is 7.05 Å². The number of nitrogens with zero attached hydrogens (tertiary/aromatic N) is 2. The lowest BCUT2D eigenvalue weighted by Crippen LogP contribution is -2.40. The summed E-state index contributed by atoms with van der Waals surface area (Å²) in [6.45, 7) is 0.137. The first-order chi connectivity index (χ1) is 14.0. The molecule has 4 rings (SSSR count). The number of sulfone groups is 1. The van der Waals surface area contributed by atoms with Gasteiger partial charge in [0.25, 0.3) is 0 Å². The summed E-state index contributed by atoms with van der Waals surface area (Å²) in [5.74, 6) is 0.0151. The molecule has 0 unspecified atom stereocenters. The van der Waals surface area contributed by atoms with Gasteiger partial charge in [-0.1, -0.05) is 55.7 Å². The number of amides is 1. The molecule has 0 atom stereocenters. The van der Waals surface area contributed by atoms with Gasteiger partial charge in [0, 0.05) is 30.2 Å². The quantitative estimate of drug-likeness (QED) is 0.631. The van der Waals surface area contributed by atoms with Gasteiger partial charge in [0.2, 0.25) is 15.7 Å². The van der Waals surface area contributed by atoms with E-state index in [9.17, 15) is 13.2 Å². The van der Waals surface area contributed by atoms with Crippen LogP contribution in [0.5, 0.6) is 0 Å². The van der Waals surface area contributed by atoms with Crippen molar-refractivity contribution in [2.45, 2.75) is 54.5 Å². The fraction of sp³-hybridized carbons (Fsp3) is 0.348. The first kappa shape index (κ1) is 19.7. The molecule has 0 spiro atoms. The van der Waals surface area contributed by atoms with E-state index in [2.05, 4.69) is 0 Å². The largest absolute Gasteiger partial charge is 0.341 e. The molecule has 1 saturated carbocycles. The maximum atomic E-state index is 13.2. The van der Waals surface area contributed by atoms with E-state index in [1.165, 1.54) is 6.42 Å². The van der Waals surface area contributed by atoms with E-state index >= 15 is 0 Å². The molecule has 1 heterocycles. The summed E-state index contributed by atoms with van der Waals surface area (Å²) in [6.07, 6.45) is 7.26. The molecule has 0 radical (unpaired) electrons. The van der Waals surface area contributed by atoms with Crippen LogP contribution in [0.3, 0.4) is 0 Å². The Morgan fingerprint density at radius 3 is 2.38 bits per heavy atom. The van der Waals surface area contributed by atoms with Crippen molar-refractivity contribution in [2.24, 2.45) is 0 Å². The van der Waals surface area contributed by atoms with E-state index < -0.39 is 9.84 Å². The summed E-state index contributed by atoms with van der Waals surface area (Å²) in [7, 11) is -1.80. The normalized spacial score (nSPS) is 15.5. The highest BCUT2D eigenvalue weighted by Gasteiger charge is 2.26. The third-order valence-corrected chi connectivity index (χ3v) is 7.71. The van der Waals surface area contributed by atoms with E-state index in [4.69, 9.17) is 0 Å². The summed E-state index contributed by atoms with van der Waals surface area (Å²) < 4.78 is 28.2. The molecule has 29 heavy (non-hydrogen) atoms. The molecule has 0 N–H and O–H groups in total. The topological polar surface area (TPSA) is 59.4 Å². The van der Waals surface area contributed by atoms with Gasteiger partial charge in [-0.15, -0.1) is 0 Å². The molecule has 5 nitrogen and oxygen atoms in total. The molecule has 0 bridgehead atoms. The molecule has 1 amide bonds. The lowest BCUT2D eigenvalue weighted by Gasteiger charge is -2.31.